The van der Waals surface area contributed by atoms with Gasteiger partial charge in [0.2, 0.25) is 5.91 Å². The van der Waals surface area contributed by atoms with Crippen molar-refractivity contribution in [2.75, 3.05) is 31.1 Å². The minimum atomic E-state index is -0.340. The largest absolute Gasteiger partial charge is 0.354 e. The van der Waals surface area contributed by atoms with E-state index in [2.05, 4.69) is 46.2 Å². The van der Waals surface area contributed by atoms with E-state index < -0.39 is 0 Å². The number of fused-ring (bicyclic) bond motifs is 1. The van der Waals surface area contributed by atoms with Crippen LogP contribution in [0.3, 0.4) is 0 Å². The van der Waals surface area contributed by atoms with Crippen molar-refractivity contribution in [2.24, 2.45) is 0 Å². The zero-order valence-electron chi connectivity index (χ0n) is 18.9. The molecule has 0 atom stereocenters. The number of rotatable bonds is 4. The van der Waals surface area contributed by atoms with Crippen LogP contribution in [-0.4, -0.2) is 46.5 Å². The molecular formula is C25H26BrClN4O2. The fourth-order valence-electron chi connectivity index (χ4n) is 4.41. The first-order valence-corrected chi connectivity index (χ1v) is 12.1. The second-order valence-corrected chi connectivity index (χ2v) is 9.68. The van der Waals surface area contributed by atoms with Gasteiger partial charge in [-0.05, 0) is 58.1 Å². The number of aromatic nitrogens is 2. The fourth-order valence-corrected chi connectivity index (χ4v) is 4.96. The Kier molecular flexibility index (Phi) is 6.64. The third-order valence-electron chi connectivity index (χ3n) is 6.14. The highest BCUT2D eigenvalue weighted by Gasteiger charge is 2.25. The van der Waals surface area contributed by atoms with Gasteiger partial charge in [0, 0.05) is 36.0 Å². The van der Waals surface area contributed by atoms with Crippen LogP contribution < -0.4 is 10.6 Å². The maximum Gasteiger partial charge on any atom is 0.354 e. The molecule has 1 saturated heterocycles. The zero-order chi connectivity index (χ0) is 23.9. The summed E-state index contributed by atoms with van der Waals surface area (Å²) >= 11 is 10.2. The Labute approximate surface area is 206 Å². The van der Waals surface area contributed by atoms with Crippen LogP contribution in [0, 0.1) is 6.92 Å². The van der Waals surface area contributed by atoms with Crippen LogP contribution in [-0.2, 0) is 4.79 Å². The first kappa shape index (κ1) is 23.5. The molecule has 1 amide bonds. The number of piperazine rings is 1. The summed E-state index contributed by atoms with van der Waals surface area (Å²) < 4.78 is 2.45. The molecule has 2 heterocycles. The monoisotopic (exact) mass is 528 g/mol. The first-order chi connectivity index (χ1) is 15.7. The summed E-state index contributed by atoms with van der Waals surface area (Å²) in [6.07, 6.45) is 1.33. The van der Waals surface area contributed by atoms with Gasteiger partial charge in [-0.1, -0.05) is 50.2 Å². The van der Waals surface area contributed by atoms with Gasteiger partial charge in [-0.15, -0.1) is 0 Å². The van der Waals surface area contributed by atoms with Crippen LogP contribution in [0.5, 0.6) is 0 Å². The van der Waals surface area contributed by atoms with Crippen LogP contribution in [0.2, 0.25) is 5.02 Å². The van der Waals surface area contributed by atoms with Crippen LogP contribution in [0.4, 0.5) is 5.82 Å². The van der Waals surface area contributed by atoms with Gasteiger partial charge in [-0.2, -0.15) is 4.98 Å². The normalized spacial score (nSPS) is 14.2. The highest BCUT2D eigenvalue weighted by molar-refractivity contribution is 9.10. The predicted octanol–water partition coefficient (Wildman–Crippen LogP) is 5.07. The molecule has 2 aromatic carbocycles. The van der Waals surface area contributed by atoms with Gasteiger partial charge in [0.25, 0.3) is 0 Å². The van der Waals surface area contributed by atoms with E-state index in [0.717, 1.165) is 32.2 Å². The lowest BCUT2D eigenvalue weighted by atomic mass is 10.0. The van der Waals surface area contributed by atoms with Crippen molar-refractivity contribution < 1.29 is 4.79 Å². The van der Waals surface area contributed by atoms with Crippen molar-refractivity contribution in [3.8, 4) is 5.69 Å². The second-order valence-electron chi connectivity index (χ2n) is 8.48. The van der Waals surface area contributed by atoms with E-state index in [9.17, 15) is 9.59 Å². The summed E-state index contributed by atoms with van der Waals surface area (Å²) in [5, 5.41) is 1.37. The Morgan fingerprint density at radius 3 is 2.52 bits per heavy atom. The maximum absolute atomic E-state index is 13.5. The summed E-state index contributed by atoms with van der Waals surface area (Å²) in [7, 11) is 0. The summed E-state index contributed by atoms with van der Waals surface area (Å²) in [5.74, 6) is 0.738. The fraction of sp³-hybridized carbons (Fsp3) is 0.320. The molecule has 3 aromatic rings. The third-order valence-corrected chi connectivity index (χ3v) is 7.69. The molecule has 0 aliphatic carbocycles. The van der Waals surface area contributed by atoms with Crippen molar-refractivity contribution in [2.45, 2.75) is 26.7 Å². The van der Waals surface area contributed by atoms with Crippen LogP contribution in [0.1, 0.15) is 30.9 Å². The summed E-state index contributed by atoms with van der Waals surface area (Å²) in [6.45, 7) is 12.0. The molecule has 6 nitrogen and oxygen atoms in total. The Hall–Kier alpha value is -2.64. The van der Waals surface area contributed by atoms with Crippen LogP contribution in [0.25, 0.3) is 16.6 Å². The van der Waals surface area contributed by atoms with Gasteiger partial charge in [-0.25, -0.2) is 4.79 Å². The van der Waals surface area contributed by atoms with E-state index in [0.29, 0.717) is 37.0 Å². The van der Waals surface area contributed by atoms with Crippen LogP contribution >= 0.6 is 27.5 Å². The van der Waals surface area contributed by atoms with Gasteiger partial charge in [0.15, 0.2) is 0 Å². The quantitative estimate of drug-likeness (QED) is 0.443. The average Bonchev–Trinajstić information content (AvgIpc) is 2.82. The van der Waals surface area contributed by atoms with E-state index >= 15 is 0 Å². The van der Waals surface area contributed by atoms with Crippen LogP contribution in [0.15, 0.2) is 52.3 Å². The van der Waals surface area contributed by atoms with Crippen molar-refractivity contribution in [3.05, 3.63) is 74.1 Å². The highest BCUT2D eigenvalue weighted by Crippen LogP contribution is 2.37. The molecule has 0 N–H and O–H groups in total. The number of amides is 1. The number of carbonyl (C=O) groups excluding carboxylic acids is 1. The van der Waals surface area contributed by atoms with Gasteiger partial charge in [-0.3, -0.25) is 9.36 Å². The van der Waals surface area contributed by atoms with Gasteiger partial charge in [0.1, 0.15) is 5.82 Å². The standard InChI is InChI=1S/C25H26BrClN4O2/c1-5-21(32)29-10-12-30(13-11-29)24-18-14-19(27)22(26)16(4)23(18)31(25(33)28-24)20-9-7-6-8-17(20)15(2)3/h5-9,14-15H,1,10-13H2,2-4H3. The second kappa shape index (κ2) is 9.31. The lowest BCUT2D eigenvalue weighted by Crippen LogP contribution is -2.49. The summed E-state index contributed by atoms with van der Waals surface area (Å²) in [5.41, 5.74) is 3.20. The summed E-state index contributed by atoms with van der Waals surface area (Å²) in [4.78, 5) is 33.9. The number of aryl methyl sites for hydroxylation is 1. The molecule has 4 rings (SSSR count). The van der Waals surface area contributed by atoms with E-state index in [4.69, 9.17) is 11.6 Å². The molecule has 1 aromatic heterocycles. The molecule has 0 saturated carbocycles. The third kappa shape index (κ3) is 4.20. The minimum absolute atomic E-state index is 0.0870. The minimum Gasteiger partial charge on any atom is -0.352 e. The van der Waals surface area contributed by atoms with E-state index in [1.54, 1.807) is 9.47 Å². The predicted molar refractivity (Wildman–Crippen MR) is 138 cm³/mol. The van der Waals surface area contributed by atoms with Crippen molar-refractivity contribution in [1.82, 2.24) is 14.5 Å². The smallest absolute Gasteiger partial charge is 0.352 e. The lowest BCUT2D eigenvalue weighted by molar-refractivity contribution is -0.126. The molecule has 0 spiro atoms. The Bertz CT molecular complexity index is 1310. The Morgan fingerprint density at radius 2 is 1.88 bits per heavy atom. The topological polar surface area (TPSA) is 58.4 Å². The zero-order valence-corrected chi connectivity index (χ0v) is 21.3. The molecule has 33 heavy (non-hydrogen) atoms. The molecule has 1 fully saturated rings. The van der Waals surface area contributed by atoms with Gasteiger partial charge < -0.3 is 9.80 Å². The van der Waals surface area contributed by atoms with Gasteiger partial charge in [0.05, 0.1) is 16.2 Å². The Morgan fingerprint density at radius 1 is 1.21 bits per heavy atom. The molecule has 172 valence electrons. The van der Waals surface area contributed by atoms with E-state index in [1.165, 1.54) is 6.08 Å². The number of para-hydroxylation sites is 1. The van der Waals surface area contributed by atoms with Crippen molar-refractivity contribution in [1.29, 1.82) is 0 Å². The SMILES string of the molecule is C=CC(=O)N1CCN(c2nc(=O)n(-c3ccccc3C(C)C)c3c(C)c(Br)c(Cl)cc23)CC1. The number of halogens is 2. The van der Waals surface area contributed by atoms with Crippen molar-refractivity contribution >= 4 is 50.2 Å². The average molecular weight is 530 g/mol. The Balaban J connectivity index is 1.95. The molecule has 1 aliphatic heterocycles. The number of hydrogen-bond acceptors (Lipinski definition) is 4. The molecule has 1 aliphatic rings. The van der Waals surface area contributed by atoms with E-state index in [-0.39, 0.29) is 17.5 Å². The maximum atomic E-state index is 13.5. The molecule has 0 unspecified atom stereocenters. The first-order valence-electron chi connectivity index (χ1n) is 10.9. The summed E-state index contributed by atoms with van der Waals surface area (Å²) in [6, 6.07) is 9.79. The highest BCUT2D eigenvalue weighted by atomic mass is 79.9. The number of carbonyl (C=O) groups is 1. The number of benzene rings is 2. The molecule has 0 bridgehead atoms. The van der Waals surface area contributed by atoms with Crippen molar-refractivity contribution in [3.63, 3.8) is 0 Å². The lowest BCUT2D eigenvalue weighted by Gasteiger charge is -2.35. The van der Waals surface area contributed by atoms with Gasteiger partial charge >= 0.3 is 5.69 Å². The molecule has 8 heteroatoms. The number of anilines is 1. The molecule has 0 radical (unpaired) electrons. The molecular weight excluding hydrogens is 504 g/mol. The number of nitrogens with zero attached hydrogens (tertiary/aromatic N) is 4. The van der Waals surface area contributed by atoms with E-state index in [1.807, 2.05) is 37.3 Å². The number of hydrogen-bond donors (Lipinski definition) is 0.